The molecule has 0 nitrogen and oxygen atoms in total. The van der Waals surface area contributed by atoms with Gasteiger partial charge in [-0.25, -0.2) is 0 Å². The maximum absolute atomic E-state index is 2.33. The third-order valence-electron chi connectivity index (χ3n) is 4.63. The largest absolute Gasteiger partial charge is 0.139 e. The van der Waals surface area contributed by atoms with Crippen molar-refractivity contribution in [2.24, 2.45) is 0 Å². The van der Waals surface area contributed by atoms with Gasteiger partial charge < -0.3 is 0 Å². The van der Waals surface area contributed by atoms with Crippen LogP contribution in [0.15, 0.2) is 36.4 Å². The highest BCUT2D eigenvalue weighted by atomic mass is 32.1. The molecular formula is C20H12S4. The standard InChI is InChI=1S/C20H12S4/c1-9-7-11-3-5-13-17(15(11)21-9)23-20-14-6-4-12-8-10(2)22-16(12)18(14)24-19(13)20/h3-8H,1-2H3. The molecule has 0 aliphatic rings. The lowest BCUT2D eigenvalue weighted by Crippen LogP contribution is -1.64. The Morgan fingerprint density at radius 3 is 1.38 bits per heavy atom. The summed E-state index contributed by atoms with van der Waals surface area (Å²) in [6.07, 6.45) is 0. The predicted molar refractivity (Wildman–Crippen MR) is 115 cm³/mol. The molecule has 0 saturated carbocycles. The monoisotopic (exact) mass is 380 g/mol. The zero-order valence-electron chi connectivity index (χ0n) is 13.1. The van der Waals surface area contributed by atoms with Gasteiger partial charge in [-0.05, 0) is 36.8 Å². The van der Waals surface area contributed by atoms with Gasteiger partial charge in [0.25, 0.3) is 0 Å². The first-order valence-corrected chi connectivity index (χ1v) is 11.1. The van der Waals surface area contributed by atoms with Crippen molar-refractivity contribution in [1.82, 2.24) is 0 Å². The molecule has 0 bridgehead atoms. The third kappa shape index (κ3) is 1.67. The van der Waals surface area contributed by atoms with Gasteiger partial charge in [-0.1, -0.05) is 24.3 Å². The molecule has 0 atom stereocenters. The number of thiophene rings is 4. The molecule has 24 heavy (non-hydrogen) atoms. The van der Waals surface area contributed by atoms with E-state index < -0.39 is 0 Å². The molecule has 0 radical (unpaired) electrons. The third-order valence-corrected chi connectivity index (χ3v) is 9.70. The molecule has 6 rings (SSSR count). The predicted octanol–water partition coefficient (Wildman–Crippen LogP) is 8.32. The number of rotatable bonds is 0. The minimum atomic E-state index is 1.39. The molecule has 0 unspecified atom stereocenters. The van der Waals surface area contributed by atoms with E-state index in [1.54, 1.807) is 0 Å². The smallest absolute Gasteiger partial charge is 0.0543 e. The molecule has 6 aromatic rings. The van der Waals surface area contributed by atoms with Gasteiger partial charge in [0.05, 0.1) is 28.2 Å². The van der Waals surface area contributed by atoms with Gasteiger partial charge in [0.15, 0.2) is 0 Å². The Balaban J connectivity index is 1.85. The van der Waals surface area contributed by atoms with Crippen LogP contribution in [0.5, 0.6) is 0 Å². The van der Waals surface area contributed by atoms with E-state index in [1.807, 2.05) is 45.3 Å². The van der Waals surface area contributed by atoms with Crippen LogP contribution < -0.4 is 0 Å². The molecule has 0 amide bonds. The lowest BCUT2D eigenvalue weighted by Gasteiger charge is -1.94. The molecule has 4 heterocycles. The van der Waals surface area contributed by atoms with Gasteiger partial charge in [-0.15, -0.1) is 45.3 Å². The SMILES string of the molecule is Cc1cc2ccc3c(sc4c5ccc6cc(C)sc6c5sc34)c2s1. The zero-order chi connectivity index (χ0) is 16.0. The molecular weight excluding hydrogens is 368 g/mol. The molecule has 0 aliphatic carbocycles. The fourth-order valence-electron chi connectivity index (χ4n) is 3.62. The fourth-order valence-corrected chi connectivity index (χ4v) is 8.77. The van der Waals surface area contributed by atoms with E-state index in [1.165, 1.54) is 59.5 Å². The highest BCUT2D eigenvalue weighted by Gasteiger charge is 2.17. The van der Waals surface area contributed by atoms with Crippen molar-refractivity contribution in [2.75, 3.05) is 0 Å². The number of hydrogen-bond donors (Lipinski definition) is 0. The van der Waals surface area contributed by atoms with E-state index in [9.17, 15) is 0 Å². The Morgan fingerprint density at radius 1 is 0.500 bits per heavy atom. The summed E-state index contributed by atoms with van der Waals surface area (Å²) in [7, 11) is 0. The van der Waals surface area contributed by atoms with E-state index in [2.05, 4.69) is 50.2 Å². The van der Waals surface area contributed by atoms with Gasteiger partial charge in [0.1, 0.15) is 0 Å². The van der Waals surface area contributed by atoms with Crippen LogP contribution in [0.2, 0.25) is 0 Å². The van der Waals surface area contributed by atoms with Crippen molar-refractivity contribution in [3.63, 3.8) is 0 Å². The summed E-state index contributed by atoms with van der Waals surface area (Å²) < 4.78 is 8.79. The maximum Gasteiger partial charge on any atom is 0.0543 e. The van der Waals surface area contributed by atoms with E-state index in [4.69, 9.17) is 0 Å². The van der Waals surface area contributed by atoms with Crippen molar-refractivity contribution < 1.29 is 0 Å². The molecule has 0 spiro atoms. The highest BCUT2D eigenvalue weighted by Crippen LogP contribution is 2.49. The van der Waals surface area contributed by atoms with Crippen LogP contribution in [0.4, 0.5) is 0 Å². The molecule has 0 N–H and O–H groups in total. The van der Waals surface area contributed by atoms with Gasteiger partial charge in [-0.2, -0.15) is 0 Å². The maximum atomic E-state index is 2.33. The lowest BCUT2D eigenvalue weighted by atomic mass is 10.2. The van der Waals surface area contributed by atoms with Crippen molar-refractivity contribution in [2.45, 2.75) is 13.8 Å². The van der Waals surface area contributed by atoms with Gasteiger partial charge in [0.2, 0.25) is 0 Å². The normalized spacial score (nSPS) is 12.6. The Bertz CT molecular complexity index is 1310. The molecule has 0 fully saturated rings. The topological polar surface area (TPSA) is 0 Å². The summed E-state index contributed by atoms with van der Waals surface area (Å²) in [5.74, 6) is 0. The highest BCUT2D eigenvalue weighted by molar-refractivity contribution is 7.39. The first-order chi connectivity index (χ1) is 11.7. The van der Waals surface area contributed by atoms with Crippen LogP contribution in [0.25, 0.3) is 49.7 Å². The molecule has 0 saturated heterocycles. The van der Waals surface area contributed by atoms with Crippen molar-refractivity contribution in [1.29, 1.82) is 0 Å². The van der Waals surface area contributed by atoms with Crippen LogP contribution in [0, 0.1) is 13.8 Å². The summed E-state index contributed by atoms with van der Waals surface area (Å²) in [6.45, 7) is 4.41. The second kappa shape index (κ2) is 4.58. The molecule has 4 aromatic heterocycles. The number of aryl methyl sites for hydroxylation is 2. The van der Waals surface area contributed by atoms with Gasteiger partial charge in [-0.3, -0.25) is 0 Å². The Labute approximate surface area is 154 Å². The second-order valence-electron chi connectivity index (χ2n) is 6.30. The Morgan fingerprint density at radius 2 is 0.917 bits per heavy atom. The van der Waals surface area contributed by atoms with Crippen molar-refractivity contribution in [3.05, 3.63) is 46.2 Å². The molecule has 116 valence electrons. The summed E-state index contributed by atoms with van der Waals surface area (Å²) >= 11 is 7.82. The van der Waals surface area contributed by atoms with Crippen LogP contribution in [-0.4, -0.2) is 0 Å². The number of benzene rings is 2. The summed E-state index contributed by atoms with van der Waals surface area (Å²) in [6, 6.07) is 13.9. The van der Waals surface area contributed by atoms with E-state index in [0.29, 0.717) is 0 Å². The average Bonchev–Trinajstić information content (AvgIpc) is 3.25. The van der Waals surface area contributed by atoms with Crippen LogP contribution >= 0.6 is 45.3 Å². The number of hydrogen-bond acceptors (Lipinski definition) is 4. The van der Waals surface area contributed by atoms with Gasteiger partial charge in [0, 0.05) is 20.5 Å². The quantitative estimate of drug-likeness (QED) is 0.248. The van der Waals surface area contributed by atoms with E-state index in [0.717, 1.165) is 0 Å². The Kier molecular flexibility index (Phi) is 2.63. The summed E-state index contributed by atoms with van der Waals surface area (Å²) in [5, 5.41) is 5.65. The molecule has 2 aromatic carbocycles. The molecule has 4 heteroatoms. The lowest BCUT2D eigenvalue weighted by molar-refractivity contribution is 1.66. The van der Waals surface area contributed by atoms with Crippen molar-refractivity contribution in [3.8, 4) is 0 Å². The zero-order valence-corrected chi connectivity index (χ0v) is 16.4. The summed E-state index contributed by atoms with van der Waals surface area (Å²) in [4.78, 5) is 2.80. The van der Waals surface area contributed by atoms with Crippen molar-refractivity contribution >= 4 is 95.1 Å². The average molecular weight is 381 g/mol. The first kappa shape index (κ1) is 13.8. The van der Waals surface area contributed by atoms with E-state index >= 15 is 0 Å². The Hall–Kier alpha value is -1.46. The van der Waals surface area contributed by atoms with E-state index in [-0.39, 0.29) is 0 Å². The fraction of sp³-hybridized carbons (Fsp3) is 0.100. The van der Waals surface area contributed by atoms with Crippen LogP contribution in [-0.2, 0) is 0 Å². The molecule has 0 aliphatic heterocycles. The first-order valence-electron chi connectivity index (χ1n) is 7.86. The second-order valence-corrected chi connectivity index (χ2v) is 10.9. The summed E-state index contributed by atoms with van der Waals surface area (Å²) in [5.41, 5.74) is 0. The van der Waals surface area contributed by atoms with Crippen LogP contribution in [0.3, 0.4) is 0 Å². The minimum Gasteiger partial charge on any atom is -0.139 e. The van der Waals surface area contributed by atoms with Gasteiger partial charge >= 0.3 is 0 Å². The minimum absolute atomic E-state index is 1.39. The number of fused-ring (bicyclic) bond motifs is 9. The van der Waals surface area contributed by atoms with Crippen LogP contribution in [0.1, 0.15) is 9.75 Å².